The quantitative estimate of drug-likeness (QED) is 0.632. The van der Waals surface area contributed by atoms with E-state index in [0.29, 0.717) is 0 Å². The van der Waals surface area contributed by atoms with Gasteiger partial charge in [0.1, 0.15) is 5.75 Å². The Balaban J connectivity index is 2.28. The molecule has 2 aromatic rings. The molecule has 0 aromatic carbocycles. The molecule has 5 nitrogen and oxygen atoms in total. The van der Waals surface area contributed by atoms with E-state index < -0.39 is 0 Å². The number of nitrogens with two attached hydrogens (primary N) is 1. The maximum absolute atomic E-state index is 5.63. The SMILES string of the molecule is CC(C)Oc1cncc(C(NN)c2ccccn2)c1. The molecule has 0 fully saturated rings. The van der Waals surface area contributed by atoms with Crippen LogP contribution in [0.4, 0.5) is 0 Å². The summed E-state index contributed by atoms with van der Waals surface area (Å²) in [5.74, 6) is 6.36. The molecule has 0 aliphatic heterocycles. The number of hydrogen-bond acceptors (Lipinski definition) is 5. The molecule has 3 N–H and O–H groups in total. The van der Waals surface area contributed by atoms with Crippen LogP contribution in [-0.4, -0.2) is 16.1 Å². The molecule has 0 amide bonds. The van der Waals surface area contributed by atoms with Gasteiger partial charge in [-0.1, -0.05) is 6.07 Å². The average Bonchev–Trinajstić information content (AvgIpc) is 2.40. The molecule has 0 aliphatic carbocycles. The lowest BCUT2D eigenvalue weighted by molar-refractivity contribution is 0.241. The highest BCUT2D eigenvalue weighted by molar-refractivity contribution is 5.31. The number of ether oxygens (including phenoxy) is 1. The highest BCUT2D eigenvalue weighted by Crippen LogP contribution is 2.22. The van der Waals surface area contributed by atoms with E-state index in [1.165, 1.54) is 0 Å². The van der Waals surface area contributed by atoms with Crippen molar-refractivity contribution in [3.63, 3.8) is 0 Å². The zero-order valence-corrected chi connectivity index (χ0v) is 11.1. The summed E-state index contributed by atoms with van der Waals surface area (Å²) in [5.41, 5.74) is 4.51. The van der Waals surface area contributed by atoms with Gasteiger partial charge >= 0.3 is 0 Å². The maximum atomic E-state index is 5.63. The third-order valence-corrected chi connectivity index (χ3v) is 2.59. The first-order chi connectivity index (χ1) is 9.20. The lowest BCUT2D eigenvalue weighted by Crippen LogP contribution is -2.29. The van der Waals surface area contributed by atoms with Crippen LogP contribution in [0.3, 0.4) is 0 Å². The molecule has 19 heavy (non-hydrogen) atoms. The lowest BCUT2D eigenvalue weighted by Gasteiger charge is -2.17. The van der Waals surface area contributed by atoms with Crippen LogP contribution in [0.1, 0.15) is 31.1 Å². The van der Waals surface area contributed by atoms with Gasteiger partial charge in [-0.25, -0.2) is 5.43 Å². The Morgan fingerprint density at radius 3 is 2.74 bits per heavy atom. The van der Waals surface area contributed by atoms with E-state index in [2.05, 4.69) is 15.4 Å². The summed E-state index contributed by atoms with van der Waals surface area (Å²) in [6.07, 6.45) is 5.29. The zero-order valence-electron chi connectivity index (χ0n) is 11.1. The van der Waals surface area contributed by atoms with Crippen molar-refractivity contribution in [2.75, 3.05) is 0 Å². The minimum absolute atomic E-state index is 0.108. The summed E-state index contributed by atoms with van der Waals surface area (Å²) in [4.78, 5) is 8.49. The second-order valence-corrected chi connectivity index (χ2v) is 4.47. The fourth-order valence-corrected chi connectivity index (χ4v) is 1.83. The summed E-state index contributed by atoms with van der Waals surface area (Å²) < 4.78 is 5.63. The Morgan fingerprint density at radius 1 is 1.26 bits per heavy atom. The summed E-state index contributed by atoms with van der Waals surface area (Å²) >= 11 is 0. The fourth-order valence-electron chi connectivity index (χ4n) is 1.83. The third-order valence-electron chi connectivity index (χ3n) is 2.59. The van der Waals surface area contributed by atoms with Crippen LogP contribution in [-0.2, 0) is 0 Å². The minimum atomic E-state index is -0.204. The van der Waals surface area contributed by atoms with Gasteiger partial charge in [-0.3, -0.25) is 15.8 Å². The molecular weight excluding hydrogens is 240 g/mol. The van der Waals surface area contributed by atoms with Gasteiger partial charge in [0.25, 0.3) is 0 Å². The van der Waals surface area contributed by atoms with Crippen molar-refractivity contribution >= 4 is 0 Å². The van der Waals surface area contributed by atoms with Crippen LogP contribution in [0, 0.1) is 0 Å². The molecule has 1 unspecified atom stereocenters. The number of hydrazine groups is 1. The molecule has 0 radical (unpaired) electrons. The molecular formula is C14H18N4O. The van der Waals surface area contributed by atoms with E-state index in [0.717, 1.165) is 17.0 Å². The van der Waals surface area contributed by atoms with E-state index in [1.807, 2.05) is 38.1 Å². The topological polar surface area (TPSA) is 73.1 Å². The van der Waals surface area contributed by atoms with Crippen LogP contribution >= 0.6 is 0 Å². The van der Waals surface area contributed by atoms with Gasteiger partial charge in [0.15, 0.2) is 0 Å². The van der Waals surface area contributed by atoms with Crippen molar-refractivity contribution in [3.05, 3.63) is 54.1 Å². The lowest BCUT2D eigenvalue weighted by atomic mass is 10.1. The second kappa shape index (κ2) is 6.26. The smallest absolute Gasteiger partial charge is 0.138 e. The first-order valence-corrected chi connectivity index (χ1v) is 6.19. The van der Waals surface area contributed by atoms with E-state index in [-0.39, 0.29) is 12.1 Å². The molecule has 0 saturated carbocycles. The summed E-state index contributed by atoms with van der Waals surface area (Å²) in [6, 6.07) is 7.43. The summed E-state index contributed by atoms with van der Waals surface area (Å²) in [5, 5.41) is 0. The monoisotopic (exact) mass is 258 g/mol. The van der Waals surface area contributed by atoms with Crippen molar-refractivity contribution < 1.29 is 4.74 Å². The Morgan fingerprint density at radius 2 is 2.11 bits per heavy atom. The molecule has 0 bridgehead atoms. The summed E-state index contributed by atoms with van der Waals surface area (Å²) in [6.45, 7) is 3.95. The van der Waals surface area contributed by atoms with Gasteiger partial charge in [-0.05, 0) is 37.6 Å². The largest absolute Gasteiger partial charge is 0.489 e. The molecule has 2 aromatic heterocycles. The van der Waals surface area contributed by atoms with Gasteiger partial charge in [-0.15, -0.1) is 0 Å². The average molecular weight is 258 g/mol. The van der Waals surface area contributed by atoms with Crippen molar-refractivity contribution in [1.82, 2.24) is 15.4 Å². The molecule has 2 rings (SSSR count). The first kappa shape index (κ1) is 13.5. The van der Waals surface area contributed by atoms with Crippen LogP contribution < -0.4 is 16.0 Å². The number of aromatic nitrogens is 2. The third kappa shape index (κ3) is 3.49. The number of rotatable bonds is 5. The number of nitrogens with one attached hydrogen (secondary N) is 1. The summed E-state index contributed by atoms with van der Waals surface area (Å²) in [7, 11) is 0. The van der Waals surface area contributed by atoms with Crippen molar-refractivity contribution in [1.29, 1.82) is 0 Å². The molecule has 1 atom stereocenters. The highest BCUT2D eigenvalue weighted by Gasteiger charge is 2.14. The van der Waals surface area contributed by atoms with Crippen LogP contribution in [0.5, 0.6) is 5.75 Å². The molecule has 0 spiro atoms. The fraction of sp³-hybridized carbons (Fsp3) is 0.286. The van der Waals surface area contributed by atoms with Crippen molar-refractivity contribution in [2.24, 2.45) is 5.84 Å². The number of nitrogens with zero attached hydrogens (tertiary/aromatic N) is 2. The van der Waals surface area contributed by atoms with E-state index >= 15 is 0 Å². The van der Waals surface area contributed by atoms with Gasteiger partial charge < -0.3 is 4.74 Å². The first-order valence-electron chi connectivity index (χ1n) is 6.19. The predicted octanol–water partition coefficient (Wildman–Crippen LogP) is 1.82. The van der Waals surface area contributed by atoms with Gasteiger partial charge in [0.05, 0.1) is 24.0 Å². The molecule has 0 aliphatic rings. The molecule has 100 valence electrons. The van der Waals surface area contributed by atoms with Crippen LogP contribution in [0.2, 0.25) is 0 Å². The standard InChI is InChI=1S/C14H18N4O/c1-10(2)19-12-7-11(8-16-9-12)14(18-15)13-5-3-4-6-17-13/h3-10,14,18H,15H2,1-2H3. The van der Waals surface area contributed by atoms with Gasteiger partial charge in [0, 0.05) is 12.4 Å². The Labute approximate surface area is 112 Å². The molecule has 5 heteroatoms. The Hall–Kier alpha value is -1.98. The van der Waals surface area contributed by atoms with Crippen LogP contribution in [0.15, 0.2) is 42.9 Å². The minimum Gasteiger partial charge on any atom is -0.489 e. The van der Waals surface area contributed by atoms with Gasteiger partial charge in [0.2, 0.25) is 0 Å². The Kier molecular flexibility index (Phi) is 4.43. The number of pyridine rings is 2. The normalized spacial score (nSPS) is 12.4. The van der Waals surface area contributed by atoms with Crippen molar-refractivity contribution in [3.8, 4) is 5.75 Å². The van der Waals surface area contributed by atoms with Crippen LogP contribution in [0.25, 0.3) is 0 Å². The Bertz CT molecular complexity index is 516. The predicted molar refractivity (Wildman–Crippen MR) is 73.4 cm³/mol. The van der Waals surface area contributed by atoms with E-state index in [4.69, 9.17) is 10.6 Å². The van der Waals surface area contributed by atoms with E-state index in [9.17, 15) is 0 Å². The van der Waals surface area contributed by atoms with E-state index in [1.54, 1.807) is 18.6 Å². The maximum Gasteiger partial charge on any atom is 0.138 e. The molecule has 2 heterocycles. The van der Waals surface area contributed by atoms with Gasteiger partial charge in [-0.2, -0.15) is 0 Å². The number of hydrogen-bond donors (Lipinski definition) is 2. The highest BCUT2D eigenvalue weighted by atomic mass is 16.5. The molecule has 0 saturated heterocycles. The zero-order chi connectivity index (χ0) is 13.7. The second-order valence-electron chi connectivity index (χ2n) is 4.47. The van der Waals surface area contributed by atoms with Crippen molar-refractivity contribution in [2.45, 2.75) is 26.0 Å².